The van der Waals surface area contributed by atoms with Crippen LogP contribution < -0.4 is 5.32 Å². The Labute approximate surface area is 99.2 Å². The van der Waals surface area contributed by atoms with Crippen LogP contribution in [0, 0.1) is 5.92 Å². The fourth-order valence-corrected chi connectivity index (χ4v) is 3.19. The molecule has 0 aromatic carbocycles. The predicted molar refractivity (Wildman–Crippen MR) is 66.5 cm³/mol. The van der Waals surface area contributed by atoms with Crippen molar-refractivity contribution in [3.8, 4) is 0 Å². The minimum atomic E-state index is -0.478. The molecule has 2 fully saturated rings. The van der Waals surface area contributed by atoms with E-state index in [1.54, 1.807) is 0 Å². The van der Waals surface area contributed by atoms with Gasteiger partial charge in [0.2, 0.25) is 0 Å². The van der Waals surface area contributed by atoms with E-state index >= 15 is 0 Å². The molecule has 3 nitrogen and oxygen atoms in total. The van der Waals surface area contributed by atoms with Crippen molar-refractivity contribution in [2.45, 2.75) is 51.2 Å². The number of piperazine rings is 1. The lowest BCUT2D eigenvalue weighted by Gasteiger charge is -2.41. The van der Waals surface area contributed by atoms with Gasteiger partial charge in [-0.05, 0) is 45.4 Å². The zero-order chi connectivity index (χ0) is 11.6. The highest BCUT2D eigenvalue weighted by Gasteiger charge is 2.33. The van der Waals surface area contributed by atoms with Crippen LogP contribution in [0.15, 0.2) is 0 Å². The van der Waals surface area contributed by atoms with Gasteiger partial charge in [-0.2, -0.15) is 0 Å². The van der Waals surface area contributed by atoms with E-state index in [1.807, 2.05) is 13.8 Å². The average molecular weight is 226 g/mol. The summed E-state index contributed by atoms with van der Waals surface area (Å²) in [6, 6.07) is 0.778. The van der Waals surface area contributed by atoms with Crippen LogP contribution in [0.4, 0.5) is 0 Å². The van der Waals surface area contributed by atoms with Crippen LogP contribution in [0.1, 0.15) is 39.5 Å². The van der Waals surface area contributed by atoms with Crippen LogP contribution in [-0.2, 0) is 0 Å². The topological polar surface area (TPSA) is 35.5 Å². The molecule has 94 valence electrons. The van der Waals surface area contributed by atoms with Crippen LogP contribution in [-0.4, -0.2) is 47.8 Å². The Bertz CT molecular complexity index is 210. The fourth-order valence-electron chi connectivity index (χ4n) is 3.19. The van der Waals surface area contributed by atoms with Crippen molar-refractivity contribution >= 4 is 0 Å². The van der Waals surface area contributed by atoms with Crippen LogP contribution >= 0.6 is 0 Å². The predicted octanol–water partition coefficient (Wildman–Crippen LogP) is 1.22. The Morgan fingerprint density at radius 1 is 1.06 bits per heavy atom. The molecule has 1 saturated heterocycles. The van der Waals surface area contributed by atoms with Crippen LogP contribution in [0.5, 0.6) is 0 Å². The van der Waals surface area contributed by atoms with Gasteiger partial charge in [0.05, 0.1) is 5.60 Å². The van der Waals surface area contributed by atoms with Crippen molar-refractivity contribution in [2.24, 2.45) is 5.92 Å². The molecule has 0 bridgehead atoms. The van der Waals surface area contributed by atoms with Crippen molar-refractivity contribution in [3.63, 3.8) is 0 Å². The minimum Gasteiger partial charge on any atom is -0.390 e. The number of rotatable bonds is 2. The second-order valence-corrected chi connectivity index (χ2v) is 5.95. The summed E-state index contributed by atoms with van der Waals surface area (Å²) in [5.74, 6) is 0.506. The standard InChI is InChI=1S/C13H26N2O/c1-13(2,16)11-3-5-12(6-4-11)15-9-7-14-8-10-15/h11-12,14,16H,3-10H2,1-2H3. The van der Waals surface area contributed by atoms with Gasteiger partial charge in [-0.1, -0.05) is 0 Å². The molecule has 16 heavy (non-hydrogen) atoms. The molecule has 1 saturated carbocycles. The Morgan fingerprint density at radius 2 is 1.62 bits per heavy atom. The Morgan fingerprint density at radius 3 is 2.12 bits per heavy atom. The van der Waals surface area contributed by atoms with E-state index in [9.17, 15) is 5.11 Å². The number of hydrogen-bond donors (Lipinski definition) is 2. The average Bonchev–Trinajstić information content (AvgIpc) is 2.29. The second kappa shape index (κ2) is 5.03. The summed E-state index contributed by atoms with van der Waals surface area (Å²) in [7, 11) is 0. The van der Waals surface area contributed by atoms with Crippen LogP contribution in [0.2, 0.25) is 0 Å². The second-order valence-electron chi connectivity index (χ2n) is 5.95. The van der Waals surface area contributed by atoms with Crippen molar-refractivity contribution in [1.29, 1.82) is 0 Å². The zero-order valence-corrected chi connectivity index (χ0v) is 10.7. The first-order valence-electron chi connectivity index (χ1n) is 6.74. The van der Waals surface area contributed by atoms with E-state index in [2.05, 4.69) is 10.2 Å². The highest BCUT2D eigenvalue weighted by molar-refractivity contribution is 4.87. The molecule has 1 aliphatic carbocycles. The van der Waals surface area contributed by atoms with Gasteiger partial charge >= 0.3 is 0 Å². The Balaban J connectivity index is 1.80. The van der Waals surface area contributed by atoms with E-state index in [1.165, 1.54) is 38.8 Å². The van der Waals surface area contributed by atoms with Gasteiger partial charge in [-0.25, -0.2) is 0 Å². The summed E-state index contributed by atoms with van der Waals surface area (Å²) in [5.41, 5.74) is -0.478. The third-order valence-electron chi connectivity index (χ3n) is 4.36. The maximum atomic E-state index is 10.0. The highest BCUT2D eigenvalue weighted by Crippen LogP contribution is 2.34. The molecule has 0 spiro atoms. The first kappa shape index (κ1) is 12.3. The molecule has 0 amide bonds. The number of aliphatic hydroxyl groups is 1. The summed E-state index contributed by atoms with van der Waals surface area (Å²) in [6.45, 7) is 8.62. The van der Waals surface area contributed by atoms with Gasteiger partial charge in [0.15, 0.2) is 0 Å². The monoisotopic (exact) mass is 226 g/mol. The van der Waals surface area contributed by atoms with Gasteiger partial charge in [-0.15, -0.1) is 0 Å². The molecular weight excluding hydrogens is 200 g/mol. The summed E-state index contributed by atoms with van der Waals surface area (Å²) in [6.07, 6.45) is 4.93. The lowest BCUT2D eigenvalue weighted by molar-refractivity contribution is -0.0132. The molecule has 0 unspecified atom stereocenters. The normalized spacial score (nSPS) is 33.9. The van der Waals surface area contributed by atoms with E-state index < -0.39 is 5.60 Å². The molecule has 0 atom stereocenters. The Kier molecular flexibility index (Phi) is 3.88. The summed E-state index contributed by atoms with van der Waals surface area (Å²) in [5, 5.41) is 13.4. The van der Waals surface area contributed by atoms with Crippen molar-refractivity contribution in [1.82, 2.24) is 10.2 Å². The third-order valence-corrected chi connectivity index (χ3v) is 4.36. The first-order valence-corrected chi connectivity index (χ1v) is 6.74. The molecule has 1 heterocycles. The SMILES string of the molecule is CC(C)(O)C1CCC(N2CCNCC2)CC1. The summed E-state index contributed by atoms with van der Waals surface area (Å²) < 4.78 is 0. The molecule has 1 aliphatic heterocycles. The van der Waals surface area contributed by atoms with Gasteiger partial charge in [0, 0.05) is 32.2 Å². The molecule has 2 N–H and O–H groups in total. The molecular formula is C13H26N2O. The number of hydrogen-bond acceptors (Lipinski definition) is 3. The maximum absolute atomic E-state index is 10.0. The van der Waals surface area contributed by atoms with Crippen LogP contribution in [0.3, 0.4) is 0 Å². The number of nitrogens with zero attached hydrogens (tertiary/aromatic N) is 1. The van der Waals surface area contributed by atoms with Crippen molar-refractivity contribution in [2.75, 3.05) is 26.2 Å². The lowest BCUT2D eigenvalue weighted by atomic mass is 9.77. The Hall–Kier alpha value is -0.120. The summed E-state index contributed by atoms with van der Waals surface area (Å²) in [4.78, 5) is 2.64. The van der Waals surface area contributed by atoms with Crippen molar-refractivity contribution in [3.05, 3.63) is 0 Å². The zero-order valence-electron chi connectivity index (χ0n) is 10.7. The quantitative estimate of drug-likeness (QED) is 0.743. The van der Waals surface area contributed by atoms with E-state index in [-0.39, 0.29) is 0 Å². The smallest absolute Gasteiger partial charge is 0.0619 e. The number of nitrogens with one attached hydrogen (secondary N) is 1. The lowest BCUT2D eigenvalue weighted by Crippen LogP contribution is -2.50. The minimum absolute atomic E-state index is 0.478. The summed E-state index contributed by atoms with van der Waals surface area (Å²) >= 11 is 0. The van der Waals surface area contributed by atoms with Crippen molar-refractivity contribution < 1.29 is 5.11 Å². The van der Waals surface area contributed by atoms with E-state index in [0.29, 0.717) is 5.92 Å². The fraction of sp³-hybridized carbons (Fsp3) is 1.00. The highest BCUT2D eigenvalue weighted by atomic mass is 16.3. The van der Waals surface area contributed by atoms with Gasteiger partial charge in [-0.3, -0.25) is 4.90 Å². The van der Waals surface area contributed by atoms with E-state index in [0.717, 1.165) is 19.1 Å². The molecule has 3 heteroatoms. The first-order chi connectivity index (χ1) is 7.57. The maximum Gasteiger partial charge on any atom is 0.0619 e. The van der Waals surface area contributed by atoms with E-state index in [4.69, 9.17) is 0 Å². The van der Waals surface area contributed by atoms with Gasteiger partial charge < -0.3 is 10.4 Å². The largest absolute Gasteiger partial charge is 0.390 e. The van der Waals surface area contributed by atoms with Gasteiger partial charge in [0.25, 0.3) is 0 Å². The molecule has 2 aliphatic rings. The molecule has 0 aromatic heterocycles. The molecule has 2 rings (SSSR count). The molecule has 0 aromatic rings. The third kappa shape index (κ3) is 2.96. The van der Waals surface area contributed by atoms with Crippen LogP contribution in [0.25, 0.3) is 0 Å². The van der Waals surface area contributed by atoms with Gasteiger partial charge in [0.1, 0.15) is 0 Å². The molecule has 0 radical (unpaired) electrons.